The van der Waals surface area contributed by atoms with Crippen LogP contribution in [0.3, 0.4) is 0 Å². The van der Waals surface area contributed by atoms with Gasteiger partial charge in [-0.25, -0.2) is 9.59 Å². The zero-order chi connectivity index (χ0) is 24.4. The molecular weight excluding hydrogens is 418 g/mol. The number of amides is 1. The first-order valence-corrected chi connectivity index (χ1v) is 11.5. The molecule has 1 amide bonds. The number of ether oxygens (including phenoxy) is 3. The number of carbonyl (C=O) groups excluding carboxylic acids is 2. The number of carbonyl (C=O) groups is 2. The van der Waals surface area contributed by atoms with Crippen molar-refractivity contribution < 1.29 is 23.8 Å². The molecule has 1 unspecified atom stereocenters. The first-order valence-electron chi connectivity index (χ1n) is 11.5. The van der Waals surface area contributed by atoms with E-state index in [1.807, 2.05) is 55.5 Å². The van der Waals surface area contributed by atoms with E-state index in [9.17, 15) is 9.59 Å². The number of para-hydroxylation sites is 1. The molecule has 2 rings (SSSR count). The minimum Gasteiger partial charge on any atom is -0.486 e. The fourth-order valence-electron chi connectivity index (χ4n) is 3.54. The maximum Gasteiger partial charge on any atom is 0.408 e. The summed E-state index contributed by atoms with van der Waals surface area (Å²) in [6, 6.07) is 18.9. The molecule has 0 spiro atoms. The number of benzene rings is 2. The largest absolute Gasteiger partial charge is 0.486 e. The quantitative estimate of drug-likeness (QED) is 0.476. The molecule has 0 heterocycles. The highest BCUT2D eigenvalue weighted by molar-refractivity contribution is 5.81. The molecule has 0 aliphatic heterocycles. The maximum atomic E-state index is 12.7. The van der Waals surface area contributed by atoms with Crippen molar-refractivity contribution >= 4 is 12.1 Å². The van der Waals surface area contributed by atoms with Gasteiger partial charge in [-0.2, -0.15) is 0 Å². The molecule has 0 aromatic heterocycles. The average molecular weight is 456 g/mol. The monoisotopic (exact) mass is 455 g/mol. The van der Waals surface area contributed by atoms with Crippen LogP contribution in [0, 0.1) is 5.92 Å². The van der Waals surface area contributed by atoms with E-state index in [2.05, 4.69) is 24.4 Å². The summed E-state index contributed by atoms with van der Waals surface area (Å²) in [4.78, 5) is 24.8. The lowest BCUT2D eigenvalue weighted by atomic mass is 9.89. The maximum absolute atomic E-state index is 12.7. The van der Waals surface area contributed by atoms with Crippen molar-refractivity contribution in [1.82, 2.24) is 5.32 Å². The van der Waals surface area contributed by atoms with Gasteiger partial charge in [0.1, 0.15) is 29.6 Å². The van der Waals surface area contributed by atoms with Crippen LogP contribution in [0.15, 0.2) is 60.7 Å². The third-order valence-corrected chi connectivity index (χ3v) is 5.20. The Labute approximate surface area is 197 Å². The zero-order valence-electron chi connectivity index (χ0n) is 20.5. The Morgan fingerprint density at radius 3 is 2.06 bits per heavy atom. The SMILES string of the molecule is CC[C@@H](Cc1ccccc1)[C@H](Oc1ccccc1)[C@H](C)OC(=O)C(C)NC(=O)OC(C)(C)C. The Morgan fingerprint density at radius 1 is 0.939 bits per heavy atom. The number of hydrogen-bond acceptors (Lipinski definition) is 5. The van der Waals surface area contributed by atoms with Gasteiger partial charge in [0, 0.05) is 5.92 Å². The molecule has 1 N–H and O–H groups in total. The molecule has 6 heteroatoms. The fraction of sp³-hybridized carbons (Fsp3) is 0.481. The van der Waals surface area contributed by atoms with Crippen molar-refractivity contribution in [3.05, 3.63) is 66.2 Å². The number of hydrogen-bond donors (Lipinski definition) is 1. The van der Waals surface area contributed by atoms with Crippen molar-refractivity contribution in [1.29, 1.82) is 0 Å². The molecule has 180 valence electrons. The Bertz CT molecular complexity index is 863. The first kappa shape index (κ1) is 26.2. The molecule has 0 aliphatic rings. The van der Waals surface area contributed by atoms with Crippen LogP contribution in [-0.2, 0) is 20.7 Å². The van der Waals surface area contributed by atoms with Crippen LogP contribution in [0.4, 0.5) is 4.79 Å². The van der Waals surface area contributed by atoms with E-state index in [-0.39, 0.29) is 12.0 Å². The van der Waals surface area contributed by atoms with Gasteiger partial charge >= 0.3 is 12.1 Å². The normalized spacial score (nSPS) is 15.0. The van der Waals surface area contributed by atoms with Gasteiger partial charge in [0.25, 0.3) is 0 Å². The number of rotatable bonds is 10. The highest BCUT2D eigenvalue weighted by atomic mass is 16.6. The predicted octanol–water partition coefficient (Wildman–Crippen LogP) is 5.55. The van der Waals surface area contributed by atoms with Gasteiger partial charge in [-0.1, -0.05) is 55.5 Å². The van der Waals surface area contributed by atoms with E-state index in [1.54, 1.807) is 27.7 Å². The van der Waals surface area contributed by atoms with Gasteiger partial charge in [-0.15, -0.1) is 0 Å². The van der Waals surface area contributed by atoms with Gasteiger partial charge in [0.15, 0.2) is 0 Å². The summed E-state index contributed by atoms with van der Waals surface area (Å²) in [5, 5.41) is 2.54. The molecule has 0 radical (unpaired) electrons. The van der Waals surface area contributed by atoms with E-state index in [0.29, 0.717) is 0 Å². The molecule has 33 heavy (non-hydrogen) atoms. The highest BCUT2D eigenvalue weighted by Gasteiger charge is 2.32. The van der Waals surface area contributed by atoms with E-state index in [4.69, 9.17) is 14.2 Å². The van der Waals surface area contributed by atoms with E-state index < -0.39 is 29.8 Å². The van der Waals surface area contributed by atoms with Gasteiger partial charge in [0.05, 0.1) is 0 Å². The number of alkyl carbamates (subject to hydrolysis) is 1. The summed E-state index contributed by atoms with van der Waals surface area (Å²) < 4.78 is 17.3. The van der Waals surface area contributed by atoms with Gasteiger partial charge in [0.2, 0.25) is 0 Å². The highest BCUT2D eigenvalue weighted by Crippen LogP contribution is 2.25. The minimum absolute atomic E-state index is 0.115. The Morgan fingerprint density at radius 2 is 1.52 bits per heavy atom. The molecule has 2 aromatic carbocycles. The molecule has 0 saturated heterocycles. The van der Waals surface area contributed by atoms with E-state index >= 15 is 0 Å². The standard InChI is InChI=1S/C27H37NO5/c1-7-22(18-21-14-10-8-11-15-21)24(32-23-16-12-9-13-17-23)20(3)31-25(29)19(2)28-26(30)33-27(4,5)6/h8-17,19-20,22,24H,7,18H2,1-6H3,(H,28,30)/t19?,20-,22-,24+/m0/s1. The molecule has 0 fully saturated rings. The van der Waals surface area contributed by atoms with Gasteiger partial charge < -0.3 is 19.5 Å². The lowest BCUT2D eigenvalue weighted by Crippen LogP contribution is -2.46. The summed E-state index contributed by atoms with van der Waals surface area (Å²) in [5.41, 5.74) is 0.547. The van der Waals surface area contributed by atoms with Crippen LogP contribution in [-0.4, -0.2) is 35.9 Å². The number of nitrogens with one attached hydrogen (secondary N) is 1. The summed E-state index contributed by atoms with van der Waals surface area (Å²) in [5.74, 6) is 0.297. The van der Waals surface area contributed by atoms with Crippen LogP contribution in [0.1, 0.15) is 53.5 Å². The zero-order valence-corrected chi connectivity index (χ0v) is 20.5. The van der Waals surface area contributed by atoms with Crippen LogP contribution in [0.2, 0.25) is 0 Å². The van der Waals surface area contributed by atoms with Crippen molar-refractivity contribution in [3.63, 3.8) is 0 Å². The molecule has 2 aromatic rings. The summed E-state index contributed by atoms with van der Waals surface area (Å²) in [6.45, 7) is 10.8. The molecule has 0 aliphatic carbocycles. The Balaban J connectivity index is 2.12. The average Bonchev–Trinajstić information content (AvgIpc) is 2.76. The molecule has 6 nitrogen and oxygen atoms in total. The smallest absolute Gasteiger partial charge is 0.408 e. The predicted molar refractivity (Wildman–Crippen MR) is 129 cm³/mol. The Kier molecular flexibility index (Phi) is 9.76. The molecule has 0 bridgehead atoms. The van der Waals surface area contributed by atoms with Crippen LogP contribution >= 0.6 is 0 Å². The van der Waals surface area contributed by atoms with Crippen LogP contribution in [0.5, 0.6) is 5.75 Å². The molecule has 4 atom stereocenters. The van der Waals surface area contributed by atoms with Crippen LogP contribution < -0.4 is 10.1 Å². The van der Waals surface area contributed by atoms with E-state index in [0.717, 1.165) is 18.6 Å². The summed E-state index contributed by atoms with van der Waals surface area (Å²) >= 11 is 0. The third kappa shape index (κ3) is 9.16. The van der Waals surface area contributed by atoms with Crippen molar-refractivity contribution in [2.45, 2.75) is 78.2 Å². The molecular formula is C27H37NO5. The van der Waals surface area contributed by atoms with Crippen molar-refractivity contribution in [2.75, 3.05) is 0 Å². The van der Waals surface area contributed by atoms with Crippen molar-refractivity contribution in [2.24, 2.45) is 5.92 Å². The topological polar surface area (TPSA) is 73.9 Å². The van der Waals surface area contributed by atoms with Crippen molar-refractivity contribution in [3.8, 4) is 5.75 Å². The van der Waals surface area contributed by atoms with Gasteiger partial charge in [-0.3, -0.25) is 0 Å². The van der Waals surface area contributed by atoms with E-state index in [1.165, 1.54) is 5.56 Å². The fourth-order valence-corrected chi connectivity index (χ4v) is 3.54. The second kappa shape index (κ2) is 12.3. The summed E-state index contributed by atoms with van der Waals surface area (Å²) in [7, 11) is 0. The summed E-state index contributed by atoms with van der Waals surface area (Å²) in [6.07, 6.45) is 0.0827. The lowest BCUT2D eigenvalue weighted by molar-refractivity contribution is -0.156. The number of esters is 1. The second-order valence-corrected chi connectivity index (χ2v) is 9.26. The second-order valence-electron chi connectivity index (χ2n) is 9.26. The third-order valence-electron chi connectivity index (χ3n) is 5.20. The Hall–Kier alpha value is -3.02. The van der Waals surface area contributed by atoms with Crippen LogP contribution in [0.25, 0.3) is 0 Å². The minimum atomic E-state index is -0.853. The first-order chi connectivity index (χ1) is 15.6. The molecule has 0 saturated carbocycles. The van der Waals surface area contributed by atoms with Gasteiger partial charge in [-0.05, 0) is 65.2 Å². The lowest BCUT2D eigenvalue weighted by Gasteiger charge is -2.32.